The highest BCUT2D eigenvalue weighted by atomic mass is 79.9. The van der Waals surface area contributed by atoms with Crippen LogP contribution < -0.4 is 4.90 Å². The van der Waals surface area contributed by atoms with Crippen LogP contribution >= 0.6 is 15.9 Å². The second-order valence-corrected chi connectivity index (χ2v) is 8.25. The minimum atomic E-state index is -1.40. The zero-order chi connectivity index (χ0) is 20.9. The van der Waals surface area contributed by atoms with Crippen molar-refractivity contribution in [3.63, 3.8) is 0 Å². The van der Waals surface area contributed by atoms with E-state index in [4.69, 9.17) is 4.52 Å². The molecule has 0 atom stereocenters. The van der Waals surface area contributed by atoms with Gasteiger partial charge in [-0.3, -0.25) is 4.79 Å². The maximum Gasteiger partial charge on any atom is 0.264 e. The standard InChI is InChI=1S/C21H24BrF2N3O2/c1-15(23)9-10-19(28)27(17-7-5-6-16(22)14-17)13-4-2-3-8-18-25-20(29-26-18)21(24)11-12-21/h5-7,14H,1-4,8-13H2. The first-order valence-electron chi connectivity index (χ1n) is 9.78. The lowest BCUT2D eigenvalue weighted by Gasteiger charge is -2.23. The summed E-state index contributed by atoms with van der Waals surface area (Å²) in [4.78, 5) is 18.4. The molecule has 3 rings (SSSR count). The topological polar surface area (TPSA) is 59.2 Å². The van der Waals surface area contributed by atoms with Gasteiger partial charge in [-0.2, -0.15) is 4.98 Å². The number of hydrogen-bond donors (Lipinski definition) is 0. The fraction of sp³-hybridized carbons (Fsp3) is 0.476. The van der Waals surface area contributed by atoms with E-state index in [1.54, 1.807) is 4.90 Å². The van der Waals surface area contributed by atoms with Crippen LogP contribution in [0.15, 0.2) is 45.7 Å². The van der Waals surface area contributed by atoms with Crippen LogP contribution in [-0.2, 0) is 16.9 Å². The van der Waals surface area contributed by atoms with E-state index >= 15 is 0 Å². The van der Waals surface area contributed by atoms with Gasteiger partial charge < -0.3 is 9.42 Å². The number of nitrogens with zero attached hydrogens (tertiary/aromatic N) is 3. The van der Waals surface area contributed by atoms with E-state index in [0.29, 0.717) is 31.6 Å². The predicted molar refractivity (Wildman–Crippen MR) is 110 cm³/mol. The molecule has 0 saturated heterocycles. The first-order chi connectivity index (χ1) is 13.9. The Kier molecular flexibility index (Phi) is 7.16. The van der Waals surface area contributed by atoms with Crippen LogP contribution in [0.1, 0.15) is 56.7 Å². The molecule has 1 aliphatic carbocycles. The molecule has 8 heteroatoms. The molecule has 1 amide bonds. The zero-order valence-corrected chi connectivity index (χ0v) is 17.8. The average molecular weight is 468 g/mol. The van der Waals surface area contributed by atoms with Crippen molar-refractivity contribution in [3.05, 3.63) is 52.9 Å². The van der Waals surface area contributed by atoms with Crippen molar-refractivity contribution in [1.29, 1.82) is 0 Å². The summed E-state index contributed by atoms with van der Waals surface area (Å²) in [6.07, 6.45) is 4.03. The van der Waals surface area contributed by atoms with Gasteiger partial charge in [0, 0.05) is 36.0 Å². The minimum absolute atomic E-state index is 0.0273. The van der Waals surface area contributed by atoms with E-state index in [-0.39, 0.29) is 24.6 Å². The van der Waals surface area contributed by atoms with Crippen molar-refractivity contribution in [3.8, 4) is 0 Å². The molecule has 0 bridgehead atoms. The van der Waals surface area contributed by atoms with Gasteiger partial charge in [-0.25, -0.2) is 8.78 Å². The molecule has 2 aromatic rings. The zero-order valence-electron chi connectivity index (χ0n) is 16.2. The lowest BCUT2D eigenvalue weighted by atomic mass is 10.1. The Morgan fingerprint density at radius 3 is 2.76 bits per heavy atom. The molecule has 0 unspecified atom stereocenters. The van der Waals surface area contributed by atoms with Crippen LogP contribution in [-0.4, -0.2) is 22.6 Å². The summed E-state index contributed by atoms with van der Waals surface area (Å²) in [6.45, 7) is 3.75. The molecule has 0 spiro atoms. The summed E-state index contributed by atoms with van der Waals surface area (Å²) in [5.41, 5.74) is -0.629. The number of carbonyl (C=O) groups is 1. The number of unbranched alkanes of at least 4 members (excludes halogenated alkanes) is 2. The Hall–Kier alpha value is -2.09. The van der Waals surface area contributed by atoms with E-state index in [2.05, 4.69) is 32.6 Å². The molecular weight excluding hydrogens is 444 g/mol. The number of carbonyl (C=O) groups excluding carboxylic acids is 1. The SMILES string of the molecule is C=C(F)CCC(=O)N(CCCCCc1noc(C2(F)CC2)n1)c1cccc(Br)c1. The molecule has 1 aliphatic rings. The number of benzene rings is 1. The molecule has 29 heavy (non-hydrogen) atoms. The number of rotatable bonds is 11. The Labute approximate surface area is 177 Å². The quantitative estimate of drug-likeness (QED) is 0.391. The van der Waals surface area contributed by atoms with E-state index < -0.39 is 11.5 Å². The molecule has 1 aromatic heterocycles. The third kappa shape index (κ3) is 6.19. The van der Waals surface area contributed by atoms with Crippen molar-refractivity contribution in [1.82, 2.24) is 10.1 Å². The molecule has 1 aromatic carbocycles. The molecule has 0 aliphatic heterocycles. The maximum absolute atomic E-state index is 13.9. The Bertz CT molecular complexity index is 867. The predicted octanol–water partition coefficient (Wildman–Crippen LogP) is 5.80. The van der Waals surface area contributed by atoms with Crippen molar-refractivity contribution >= 4 is 27.5 Å². The van der Waals surface area contributed by atoms with E-state index in [9.17, 15) is 13.6 Å². The molecule has 5 nitrogen and oxygen atoms in total. The molecular formula is C21H24BrF2N3O2. The Morgan fingerprint density at radius 1 is 1.28 bits per heavy atom. The third-order valence-electron chi connectivity index (χ3n) is 4.85. The van der Waals surface area contributed by atoms with Gasteiger partial charge in [0.25, 0.3) is 5.89 Å². The molecule has 156 valence electrons. The lowest BCUT2D eigenvalue weighted by molar-refractivity contribution is -0.118. The summed E-state index contributed by atoms with van der Waals surface area (Å²) < 4.78 is 32.7. The van der Waals surface area contributed by atoms with Gasteiger partial charge in [-0.1, -0.05) is 40.2 Å². The molecule has 1 fully saturated rings. The van der Waals surface area contributed by atoms with Gasteiger partial charge in [0.2, 0.25) is 5.91 Å². The first kappa shape index (κ1) is 21.6. The van der Waals surface area contributed by atoms with Crippen molar-refractivity contribution in [2.75, 3.05) is 11.4 Å². The molecule has 1 saturated carbocycles. The summed E-state index contributed by atoms with van der Waals surface area (Å²) in [5, 5.41) is 3.84. The van der Waals surface area contributed by atoms with Gasteiger partial charge in [-0.15, -0.1) is 0 Å². The fourth-order valence-electron chi connectivity index (χ4n) is 3.01. The van der Waals surface area contributed by atoms with Crippen molar-refractivity contribution in [2.45, 2.75) is 57.0 Å². The number of allylic oxidation sites excluding steroid dienone is 1. The first-order valence-corrected chi connectivity index (χ1v) is 10.6. The van der Waals surface area contributed by atoms with Crippen LogP contribution in [0.4, 0.5) is 14.5 Å². The highest BCUT2D eigenvalue weighted by molar-refractivity contribution is 9.10. The monoisotopic (exact) mass is 467 g/mol. The van der Waals surface area contributed by atoms with Gasteiger partial charge in [0.15, 0.2) is 11.5 Å². The number of halogens is 3. The number of amides is 1. The van der Waals surface area contributed by atoms with Gasteiger partial charge in [0.05, 0.1) is 5.83 Å². The van der Waals surface area contributed by atoms with Crippen LogP contribution in [0.3, 0.4) is 0 Å². The number of aryl methyl sites for hydroxylation is 1. The maximum atomic E-state index is 13.9. The van der Waals surface area contributed by atoms with Gasteiger partial charge in [0.1, 0.15) is 0 Å². The second kappa shape index (κ2) is 9.61. The van der Waals surface area contributed by atoms with E-state index in [0.717, 1.165) is 29.4 Å². The molecule has 0 N–H and O–H groups in total. The normalized spacial score (nSPS) is 14.6. The smallest absolute Gasteiger partial charge is 0.264 e. The van der Waals surface area contributed by atoms with Gasteiger partial charge in [-0.05, 0) is 43.9 Å². The summed E-state index contributed by atoms with van der Waals surface area (Å²) >= 11 is 3.42. The van der Waals surface area contributed by atoms with E-state index in [1.165, 1.54) is 0 Å². The van der Waals surface area contributed by atoms with Crippen molar-refractivity contribution < 1.29 is 18.1 Å². The molecule has 0 radical (unpaired) electrons. The van der Waals surface area contributed by atoms with E-state index in [1.807, 2.05) is 24.3 Å². The number of aromatic nitrogens is 2. The number of hydrogen-bond acceptors (Lipinski definition) is 4. The lowest BCUT2D eigenvalue weighted by Crippen LogP contribution is -2.31. The average Bonchev–Trinajstić information content (AvgIpc) is 3.25. The summed E-state index contributed by atoms with van der Waals surface area (Å²) in [7, 11) is 0. The molecule has 1 heterocycles. The number of anilines is 1. The van der Waals surface area contributed by atoms with Crippen LogP contribution in [0, 0.1) is 0 Å². The third-order valence-corrected chi connectivity index (χ3v) is 5.35. The van der Waals surface area contributed by atoms with Crippen LogP contribution in [0.5, 0.6) is 0 Å². The highest BCUT2D eigenvalue weighted by Crippen LogP contribution is 2.48. The highest BCUT2D eigenvalue weighted by Gasteiger charge is 2.50. The Balaban J connectivity index is 1.49. The second-order valence-electron chi connectivity index (χ2n) is 7.33. The summed E-state index contributed by atoms with van der Waals surface area (Å²) in [6, 6.07) is 7.48. The summed E-state index contributed by atoms with van der Waals surface area (Å²) in [5.74, 6) is -0.0191. The van der Waals surface area contributed by atoms with Gasteiger partial charge >= 0.3 is 0 Å². The largest absolute Gasteiger partial charge is 0.336 e. The van der Waals surface area contributed by atoms with Crippen molar-refractivity contribution in [2.24, 2.45) is 0 Å². The van der Waals surface area contributed by atoms with Crippen LogP contribution in [0.25, 0.3) is 0 Å². The Morgan fingerprint density at radius 2 is 2.07 bits per heavy atom. The minimum Gasteiger partial charge on any atom is -0.336 e. The fourth-order valence-corrected chi connectivity index (χ4v) is 3.40. The number of alkyl halides is 1. The van der Waals surface area contributed by atoms with Crippen LogP contribution in [0.2, 0.25) is 0 Å².